The number of carbonyl (C=O) groups excluding carboxylic acids is 1. The van der Waals surface area contributed by atoms with Gasteiger partial charge in [-0.15, -0.1) is 0 Å². The normalized spacial score (nSPS) is 22.4. The fraction of sp³-hybridized carbons (Fsp3) is 0.467. The number of aromatic nitrogens is 2. The van der Waals surface area contributed by atoms with Gasteiger partial charge in [-0.25, -0.2) is 4.98 Å². The second-order valence-electron chi connectivity index (χ2n) is 5.90. The number of likely N-dealkylation sites (N-methyl/N-ethyl adjacent to an activating group) is 1. The Balaban J connectivity index is 1.85. The van der Waals surface area contributed by atoms with Crippen LogP contribution in [0.25, 0.3) is 11.0 Å². The monoisotopic (exact) mass is 288 g/mol. The van der Waals surface area contributed by atoms with Gasteiger partial charge in [-0.2, -0.15) is 0 Å². The number of hydrogen-bond donors (Lipinski definition) is 2. The summed E-state index contributed by atoms with van der Waals surface area (Å²) in [6, 6.07) is 5.51. The largest absolute Gasteiger partial charge is 0.391 e. The number of aromatic amines is 1. The number of carbonyl (C=O) groups is 1. The lowest BCUT2D eigenvalue weighted by Crippen LogP contribution is -2.41. The van der Waals surface area contributed by atoms with Gasteiger partial charge in [0.2, 0.25) is 0 Å². The number of rotatable bonds is 3. The molecule has 6 heteroatoms. The molecule has 112 valence electrons. The van der Waals surface area contributed by atoms with Crippen LogP contribution in [0.5, 0.6) is 0 Å². The number of nitrogens with zero attached hydrogens (tertiary/aromatic N) is 3. The Kier molecular flexibility index (Phi) is 3.65. The maximum atomic E-state index is 12.7. The lowest BCUT2D eigenvalue weighted by molar-refractivity contribution is 0.0699. The van der Waals surface area contributed by atoms with Crippen LogP contribution in [0.1, 0.15) is 16.8 Å². The van der Waals surface area contributed by atoms with Crippen molar-refractivity contribution in [3.63, 3.8) is 0 Å². The number of aliphatic hydroxyl groups excluding tert-OH is 1. The first kappa shape index (κ1) is 14.0. The minimum atomic E-state index is -0.435. The molecular formula is C15H20N4O2. The average molecular weight is 288 g/mol. The summed E-state index contributed by atoms with van der Waals surface area (Å²) in [5.41, 5.74) is 2.33. The van der Waals surface area contributed by atoms with Gasteiger partial charge in [-0.05, 0) is 38.7 Å². The number of benzene rings is 1. The third-order valence-electron chi connectivity index (χ3n) is 3.90. The van der Waals surface area contributed by atoms with Crippen molar-refractivity contribution >= 4 is 16.9 Å². The van der Waals surface area contributed by atoms with Crippen LogP contribution in [-0.4, -0.2) is 70.1 Å². The second kappa shape index (κ2) is 5.46. The molecule has 0 radical (unpaired) electrons. The predicted molar refractivity (Wildman–Crippen MR) is 80.1 cm³/mol. The van der Waals surface area contributed by atoms with Crippen molar-refractivity contribution in [1.82, 2.24) is 19.8 Å². The van der Waals surface area contributed by atoms with E-state index in [9.17, 15) is 9.90 Å². The molecule has 2 aromatic rings. The third kappa shape index (κ3) is 2.77. The van der Waals surface area contributed by atoms with E-state index in [2.05, 4.69) is 9.97 Å². The zero-order valence-corrected chi connectivity index (χ0v) is 12.3. The molecule has 1 aromatic carbocycles. The van der Waals surface area contributed by atoms with Crippen molar-refractivity contribution in [2.75, 3.05) is 27.2 Å². The van der Waals surface area contributed by atoms with Crippen molar-refractivity contribution < 1.29 is 9.90 Å². The van der Waals surface area contributed by atoms with Crippen LogP contribution in [0.4, 0.5) is 0 Å². The molecule has 0 saturated carbocycles. The summed E-state index contributed by atoms with van der Waals surface area (Å²) in [5.74, 6) is -0.0325. The van der Waals surface area contributed by atoms with Crippen molar-refractivity contribution in [2.24, 2.45) is 0 Å². The zero-order valence-electron chi connectivity index (χ0n) is 12.3. The Hall–Kier alpha value is -1.92. The van der Waals surface area contributed by atoms with Gasteiger partial charge >= 0.3 is 0 Å². The average Bonchev–Trinajstić information content (AvgIpc) is 3.02. The van der Waals surface area contributed by atoms with Crippen LogP contribution in [0.3, 0.4) is 0 Å². The highest BCUT2D eigenvalue weighted by molar-refractivity contribution is 5.97. The maximum Gasteiger partial charge on any atom is 0.254 e. The van der Waals surface area contributed by atoms with E-state index in [0.29, 0.717) is 18.5 Å². The Bertz CT molecular complexity index is 652. The van der Waals surface area contributed by atoms with Crippen LogP contribution >= 0.6 is 0 Å². The van der Waals surface area contributed by atoms with E-state index in [4.69, 9.17) is 0 Å². The smallest absolute Gasteiger partial charge is 0.254 e. The first-order valence-corrected chi connectivity index (χ1v) is 7.11. The number of likely N-dealkylation sites (tertiary alicyclic amines) is 1. The second-order valence-corrected chi connectivity index (χ2v) is 5.90. The standard InChI is InChI=1S/C15H20N4O2/c1-18(2)7-11-6-12(20)8-19(11)15(21)10-3-4-13-14(5-10)17-9-16-13/h3-5,9,11-12,20H,6-8H2,1-2H3,(H,16,17). The van der Waals surface area contributed by atoms with Crippen LogP contribution in [0.2, 0.25) is 0 Å². The molecule has 0 bridgehead atoms. The van der Waals surface area contributed by atoms with Gasteiger partial charge in [-0.3, -0.25) is 4.79 Å². The Morgan fingerprint density at radius 1 is 1.52 bits per heavy atom. The molecule has 1 aromatic heterocycles. The summed E-state index contributed by atoms with van der Waals surface area (Å²) in [7, 11) is 3.95. The fourth-order valence-corrected chi connectivity index (χ4v) is 2.97. The van der Waals surface area contributed by atoms with Crippen molar-refractivity contribution in [1.29, 1.82) is 0 Å². The molecule has 1 saturated heterocycles. The molecule has 3 rings (SSSR count). The summed E-state index contributed by atoms with van der Waals surface area (Å²) >= 11 is 0. The van der Waals surface area contributed by atoms with Crippen LogP contribution in [0, 0.1) is 0 Å². The molecule has 1 amide bonds. The number of H-pyrrole nitrogens is 1. The predicted octanol–water partition coefficient (Wildman–Crippen LogP) is 0.700. The number of nitrogens with one attached hydrogen (secondary N) is 1. The van der Waals surface area contributed by atoms with Gasteiger partial charge in [0.05, 0.1) is 23.5 Å². The highest BCUT2D eigenvalue weighted by atomic mass is 16.3. The minimum absolute atomic E-state index is 0.0325. The van der Waals surface area contributed by atoms with Gasteiger partial charge < -0.3 is 19.9 Å². The molecule has 6 nitrogen and oxygen atoms in total. The van der Waals surface area contributed by atoms with E-state index in [-0.39, 0.29) is 11.9 Å². The SMILES string of the molecule is CN(C)CC1CC(O)CN1C(=O)c1ccc2nc[nH]c2c1. The number of fused-ring (bicyclic) bond motifs is 1. The van der Waals surface area contributed by atoms with Crippen molar-refractivity contribution in [3.8, 4) is 0 Å². The molecular weight excluding hydrogens is 268 g/mol. The van der Waals surface area contributed by atoms with Gasteiger partial charge in [0.15, 0.2) is 0 Å². The van der Waals surface area contributed by atoms with E-state index in [1.807, 2.05) is 31.1 Å². The lowest BCUT2D eigenvalue weighted by atomic mass is 10.1. The van der Waals surface area contributed by atoms with Gasteiger partial charge in [0.1, 0.15) is 0 Å². The lowest BCUT2D eigenvalue weighted by Gasteiger charge is -2.26. The summed E-state index contributed by atoms with van der Waals surface area (Å²) in [6.45, 7) is 1.16. The third-order valence-corrected chi connectivity index (χ3v) is 3.90. The summed E-state index contributed by atoms with van der Waals surface area (Å²) < 4.78 is 0. The molecule has 2 unspecified atom stereocenters. The van der Waals surface area contributed by atoms with Gasteiger partial charge in [0, 0.05) is 24.7 Å². The van der Waals surface area contributed by atoms with E-state index < -0.39 is 6.10 Å². The fourth-order valence-electron chi connectivity index (χ4n) is 2.97. The molecule has 0 aliphatic carbocycles. The molecule has 1 aliphatic rings. The summed E-state index contributed by atoms with van der Waals surface area (Å²) in [5, 5.41) is 9.89. The van der Waals surface area contributed by atoms with E-state index in [1.54, 1.807) is 17.3 Å². The molecule has 0 spiro atoms. The van der Waals surface area contributed by atoms with Gasteiger partial charge in [0.25, 0.3) is 5.91 Å². The molecule has 21 heavy (non-hydrogen) atoms. The number of hydrogen-bond acceptors (Lipinski definition) is 4. The van der Waals surface area contributed by atoms with E-state index >= 15 is 0 Å². The highest BCUT2D eigenvalue weighted by Gasteiger charge is 2.34. The molecule has 1 aliphatic heterocycles. The first-order chi connectivity index (χ1) is 10.0. The quantitative estimate of drug-likeness (QED) is 0.872. The molecule has 2 N–H and O–H groups in total. The van der Waals surface area contributed by atoms with E-state index in [0.717, 1.165) is 17.6 Å². The number of imidazole rings is 1. The summed E-state index contributed by atoms with van der Waals surface area (Å²) in [6.07, 6.45) is 1.82. The van der Waals surface area contributed by atoms with E-state index in [1.165, 1.54) is 0 Å². The number of amides is 1. The van der Waals surface area contributed by atoms with Crippen LogP contribution in [0.15, 0.2) is 24.5 Å². The minimum Gasteiger partial charge on any atom is -0.391 e. The first-order valence-electron chi connectivity index (χ1n) is 7.11. The summed E-state index contributed by atoms with van der Waals surface area (Å²) in [4.78, 5) is 23.7. The van der Waals surface area contributed by atoms with Crippen molar-refractivity contribution in [3.05, 3.63) is 30.1 Å². The van der Waals surface area contributed by atoms with Gasteiger partial charge in [-0.1, -0.05) is 0 Å². The Morgan fingerprint density at radius 3 is 3.10 bits per heavy atom. The Morgan fingerprint density at radius 2 is 2.33 bits per heavy atom. The molecule has 2 atom stereocenters. The Labute approximate surface area is 123 Å². The topological polar surface area (TPSA) is 72.5 Å². The molecule has 2 heterocycles. The zero-order chi connectivity index (χ0) is 15.0. The van der Waals surface area contributed by atoms with Crippen LogP contribution in [-0.2, 0) is 0 Å². The number of aliphatic hydroxyl groups is 1. The number of β-amino-alcohol motifs (C(OH)–C–C–N with tert-alkyl or cyclic N) is 1. The highest BCUT2D eigenvalue weighted by Crippen LogP contribution is 2.22. The van der Waals surface area contributed by atoms with Crippen molar-refractivity contribution in [2.45, 2.75) is 18.6 Å². The maximum absolute atomic E-state index is 12.7. The molecule has 1 fully saturated rings. The van der Waals surface area contributed by atoms with Crippen LogP contribution < -0.4 is 0 Å².